The normalized spacial score (nSPS) is 12.9. The Morgan fingerprint density at radius 3 is 2.40 bits per heavy atom. The molecule has 5 N–H and O–H groups in total. The first kappa shape index (κ1) is 34.5. The number of pyridine rings is 1. The number of alkyl halides is 2. The standard InChI is InChI=1S/C27H34Cl2N6O6S2/c1-18-17-42-27(35(37)38)24(18)25(19-5-10-23(32-16-19)33-26(36)22(31)4-2-3-13-30)43(39,40)41-21-8-6-20(7-9-21)34(14-11-28)15-12-29/h5-10,16-17,22,25H,2-4,11-15,30-31H2,1H3,(H,32,33,36)/t22-,25?/m0/s1. The third kappa shape index (κ3) is 9.24. The van der Waals surface area contributed by atoms with Crippen LogP contribution >= 0.6 is 34.5 Å². The number of hydrogen-bond donors (Lipinski definition) is 3. The van der Waals surface area contributed by atoms with Crippen LogP contribution in [0.5, 0.6) is 5.75 Å². The van der Waals surface area contributed by atoms with Crippen molar-refractivity contribution >= 4 is 67.1 Å². The van der Waals surface area contributed by atoms with E-state index in [0.717, 1.165) is 23.4 Å². The molecule has 2 aromatic heterocycles. The van der Waals surface area contributed by atoms with Gasteiger partial charge in [-0.2, -0.15) is 8.42 Å². The van der Waals surface area contributed by atoms with E-state index in [1.165, 1.54) is 35.8 Å². The highest BCUT2D eigenvalue weighted by molar-refractivity contribution is 7.87. The summed E-state index contributed by atoms with van der Waals surface area (Å²) in [6.07, 6.45) is 3.11. The number of nitrogens with two attached hydrogens (primary N) is 2. The van der Waals surface area contributed by atoms with E-state index in [2.05, 4.69) is 10.3 Å². The van der Waals surface area contributed by atoms with E-state index in [1.807, 2.05) is 4.90 Å². The predicted molar refractivity (Wildman–Crippen MR) is 171 cm³/mol. The highest BCUT2D eigenvalue weighted by atomic mass is 35.5. The first-order valence-corrected chi connectivity index (χ1v) is 16.8. The van der Waals surface area contributed by atoms with Gasteiger partial charge in [-0.3, -0.25) is 14.9 Å². The van der Waals surface area contributed by atoms with E-state index in [1.54, 1.807) is 19.1 Å². The summed E-state index contributed by atoms with van der Waals surface area (Å²) in [6, 6.07) is 8.40. The number of carbonyl (C=O) groups excluding carboxylic acids is 1. The molecule has 0 aliphatic rings. The van der Waals surface area contributed by atoms with Gasteiger partial charge in [0, 0.05) is 42.1 Å². The van der Waals surface area contributed by atoms with E-state index in [4.69, 9.17) is 38.9 Å². The Morgan fingerprint density at radius 2 is 1.84 bits per heavy atom. The van der Waals surface area contributed by atoms with Gasteiger partial charge in [-0.15, -0.1) is 23.2 Å². The van der Waals surface area contributed by atoms with Crippen LogP contribution in [0.1, 0.15) is 41.2 Å². The summed E-state index contributed by atoms with van der Waals surface area (Å²) in [5.74, 6) is 0.463. The number of aryl methyl sites for hydroxylation is 1. The van der Waals surface area contributed by atoms with Gasteiger partial charge in [0.15, 0.2) is 5.25 Å². The number of nitrogens with zero attached hydrogens (tertiary/aromatic N) is 3. The van der Waals surface area contributed by atoms with Crippen LogP contribution in [0.2, 0.25) is 0 Å². The Hall–Kier alpha value is -3.01. The molecule has 3 rings (SSSR count). The van der Waals surface area contributed by atoms with Crippen molar-refractivity contribution in [3.05, 3.63) is 74.8 Å². The van der Waals surface area contributed by atoms with Crippen LogP contribution in [0.3, 0.4) is 0 Å². The fourth-order valence-corrected chi connectivity index (χ4v) is 7.26. The van der Waals surface area contributed by atoms with Crippen molar-refractivity contribution < 1.29 is 22.3 Å². The third-order valence-electron chi connectivity index (χ3n) is 6.49. The van der Waals surface area contributed by atoms with Crippen molar-refractivity contribution in [1.29, 1.82) is 0 Å². The lowest BCUT2D eigenvalue weighted by Crippen LogP contribution is -2.35. The molecule has 0 aliphatic heterocycles. The number of hydrogen-bond acceptors (Lipinski definition) is 11. The largest absolute Gasteiger partial charge is 0.382 e. The summed E-state index contributed by atoms with van der Waals surface area (Å²) in [7, 11) is -4.56. The maximum Gasteiger partial charge on any atom is 0.329 e. The zero-order valence-corrected chi connectivity index (χ0v) is 26.6. The molecule has 43 heavy (non-hydrogen) atoms. The lowest BCUT2D eigenvalue weighted by Gasteiger charge is -2.23. The summed E-state index contributed by atoms with van der Waals surface area (Å²) in [5, 5.41) is 14.1. The lowest BCUT2D eigenvalue weighted by atomic mass is 10.0. The maximum atomic E-state index is 13.8. The molecule has 0 saturated heterocycles. The van der Waals surface area contributed by atoms with Crippen molar-refractivity contribution in [2.45, 2.75) is 37.5 Å². The Morgan fingerprint density at radius 1 is 1.16 bits per heavy atom. The minimum absolute atomic E-state index is 0.0152. The molecule has 3 aromatic rings. The molecule has 1 amide bonds. The van der Waals surface area contributed by atoms with E-state index in [0.29, 0.717) is 49.8 Å². The lowest BCUT2D eigenvalue weighted by molar-refractivity contribution is -0.380. The van der Waals surface area contributed by atoms with Crippen molar-refractivity contribution in [3.8, 4) is 5.75 Å². The molecule has 0 bridgehead atoms. The molecule has 0 aliphatic carbocycles. The quantitative estimate of drug-likeness (QED) is 0.0605. The number of carbonyl (C=O) groups is 1. The molecule has 2 heterocycles. The molecule has 234 valence electrons. The van der Waals surface area contributed by atoms with Crippen molar-refractivity contribution in [2.75, 3.05) is 41.6 Å². The number of nitrogens with one attached hydrogen (secondary N) is 1. The maximum absolute atomic E-state index is 13.8. The number of benzene rings is 1. The number of amides is 1. The molecule has 0 saturated carbocycles. The van der Waals surface area contributed by atoms with Gasteiger partial charge >= 0.3 is 15.1 Å². The number of thiophene rings is 1. The van der Waals surface area contributed by atoms with E-state index in [9.17, 15) is 23.3 Å². The molecule has 12 nitrogen and oxygen atoms in total. The van der Waals surface area contributed by atoms with Crippen molar-refractivity contribution in [3.63, 3.8) is 0 Å². The predicted octanol–water partition coefficient (Wildman–Crippen LogP) is 4.54. The molecule has 16 heteroatoms. The first-order chi connectivity index (χ1) is 20.5. The number of anilines is 2. The summed E-state index contributed by atoms with van der Waals surface area (Å²) in [5.41, 5.74) is 12.7. The number of unbranched alkanes of at least 4 members (excludes halogenated alkanes) is 1. The summed E-state index contributed by atoms with van der Waals surface area (Å²) in [4.78, 5) is 29.9. The fraction of sp³-hybridized carbons (Fsp3) is 0.407. The van der Waals surface area contributed by atoms with Crippen LogP contribution < -0.4 is 25.9 Å². The highest BCUT2D eigenvalue weighted by Gasteiger charge is 2.39. The van der Waals surface area contributed by atoms with Crippen LogP contribution in [0, 0.1) is 17.0 Å². The number of nitro groups is 1. The van der Waals surface area contributed by atoms with E-state index < -0.39 is 32.2 Å². The average Bonchev–Trinajstić information content (AvgIpc) is 3.35. The van der Waals surface area contributed by atoms with Gasteiger partial charge in [0.05, 0.1) is 16.5 Å². The molecule has 1 unspecified atom stereocenters. The van der Waals surface area contributed by atoms with Crippen LogP contribution in [0.15, 0.2) is 48.0 Å². The Kier molecular flexibility index (Phi) is 13.0. The fourth-order valence-electron chi connectivity index (χ4n) is 4.34. The third-order valence-corrected chi connectivity index (χ3v) is 9.40. The molecule has 2 atom stereocenters. The first-order valence-electron chi connectivity index (χ1n) is 13.4. The number of rotatable bonds is 17. The highest BCUT2D eigenvalue weighted by Crippen LogP contribution is 2.42. The SMILES string of the molecule is Cc1csc([N+](=O)[O-])c1C(c1ccc(NC(=O)[C@@H](N)CCCCN)nc1)S(=O)(=O)Oc1ccc(N(CCCl)CCCl)cc1. The molecule has 0 fully saturated rings. The molecule has 0 spiro atoms. The summed E-state index contributed by atoms with van der Waals surface area (Å²) < 4.78 is 33.2. The second-order valence-corrected chi connectivity index (χ2v) is 12.8. The molecular weight excluding hydrogens is 639 g/mol. The van der Waals surface area contributed by atoms with Crippen LogP contribution in [0.25, 0.3) is 0 Å². The molecule has 0 radical (unpaired) electrons. The zero-order valence-electron chi connectivity index (χ0n) is 23.4. The second kappa shape index (κ2) is 16.2. The van der Waals surface area contributed by atoms with Crippen LogP contribution in [-0.4, -0.2) is 61.7 Å². The van der Waals surface area contributed by atoms with E-state index >= 15 is 0 Å². The van der Waals surface area contributed by atoms with Gasteiger partial charge in [0.1, 0.15) is 11.6 Å². The summed E-state index contributed by atoms with van der Waals surface area (Å²) >= 11 is 12.6. The summed E-state index contributed by atoms with van der Waals surface area (Å²) in [6.45, 7) is 3.17. The smallest absolute Gasteiger partial charge is 0.329 e. The van der Waals surface area contributed by atoms with E-state index in [-0.39, 0.29) is 27.7 Å². The van der Waals surface area contributed by atoms with Gasteiger partial charge in [-0.25, -0.2) is 4.98 Å². The number of halogens is 2. The van der Waals surface area contributed by atoms with Crippen LogP contribution in [-0.2, 0) is 14.9 Å². The molecular formula is C27H34Cl2N6O6S2. The zero-order chi connectivity index (χ0) is 31.6. The molecule has 1 aromatic carbocycles. The van der Waals surface area contributed by atoms with Crippen molar-refractivity contribution in [2.24, 2.45) is 11.5 Å². The Bertz CT molecular complexity index is 1470. The number of aromatic nitrogens is 1. The van der Waals surface area contributed by atoms with Gasteiger partial charge in [-0.05, 0) is 67.8 Å². The van der Waals surface area contributed by atoms with Gasteiger partial charge in [0.25, 0.3) is 0 Å². The Labute approximate surface area is 264 Å². The minimum Gasteiger partial charge on any atom is -0.382 e. The Balaban J connectivity index is 1.93. The average molecular weight is 674 g/mol. The van der Waals surface area contributed by atoms with Crippen LogP contribution in [0.4, 0.5) is 16.5 Å². The van der Waals surface area contributed by atoms with Crippen molar-refractivity contribution in [1.82, 2.24) is 4.98 Å². The second-order valence-electron chi connectivity index (χ2n) is 9.57. The monoisotopic (exact) mass is 672 g/mol. The topological polar surface area (TPSA) is 184 Å². The van der Waals surface area contributed by atoms with Gasteiger partial charge in [-0.1, -0.05) is 23.8 Å². The minimum atomic E-state index is -4.56. The van der Waals surface area contributed by atoms with Gasteiger partial charge < -0.3 is 25.9 Å². The van der Waals surface area contributed by atoms with Gasteiger partial charge in [0.2, 0.25) is 5.91 Å².